The third-order valence-corrected chi connectivity index (χ3v) is 3.69. The summed E-state index contributed by atoms with van der Waals surface area (Å²) in [5.41, 5.74) is 0.418. The van der Waals surface area contributed by atoms with E-state index in [0.717, 1.165) is 17.6 Å². The summed E-state index contributed by atoms with van der Waals surface area (Å²) in [6.07, 6.45) is 0.975. The minimum atomic E-state index is -3.39. The zero-order valence-corrected chi connectivity index (χ0v) is 12.5. The van der Waals surface area contributed by atoms with Crippen LogP contribution in [0.3, 0.4) is 0 Å². The Kier molecular flexibility index (Phi) is 5.45. The van der Waals surface area contributed by atoms with E-state index in [1.807, 2.05) is 0 Å². The highest BCUT2D eigenvalue weighted by atomic mass is 32.2. The first-order chi connectivity index (χ1) is 9.17. The third kappa shape index (κ3) is 5.97. The van der Waals surface area contributed by atoms with Gasteiger partial charge in [-0.15, -0.1) is 11.3 Å². The lowest BCUT2D eigenvalue weighted by atomic mass is 10.2. The number of carbonyl (C=O) groups is 2. The van der Waals surface area contributed by atoms with E-state index in [1.54, 1.807) is 5.38 Å². The van der Waals surface area contributed by atoms with Crippen molar-refractivity contribution < 1.29 is 23.1 Å². The van der Waals surface area contributed by atoms with Gasteiger partial charge in [-0.2, -0.15) is 0 Å². The van der Waals surface area contributed by atoms with Crippen molar-refractivity contribution in [1.29, 1.82) is 0 Å². The Balaban J connectivity index is 2.49. The minimum absolute atomic E-state index is 0.0335. The van der Waals surface area contributed by atoms with Gasteiger partial charge in [-0.1, -0.05) is 6.92 Å². The SMILES string of the molecule is CC(CNC(=O)Cc1csc(NS(C)(=O)=O)n1)C(=O)O. The van der Waals surface area contributed by atoms with Crippen LogP contribution in [0.2, 0.25) is 0 Å². The molecule has 1 aromatic rings. The average molecular weight is 321 g/mol. The molecule has 0 saturated carbocycles. The van der Waals surface area contributed by atoms with E-state index < -0.39 is 21.9 Å². The summed E-state index contributed by atoms with van der Waals surface area (Å²) in [4.78, 5) is 26.1. The number of anilines is 1. The van der Waals surface area contributed by atoms with E-state index in [-0.39, 0.29) is 24.0 Å². The largest absolute Gasteiger partial charge is 0.481 e. The molecule has 3 N–H and O–H groups in total. The van der Waals surface area contributed by atoms with E-state index in [2.05, 4.69) is 15.0 Å². The van der Waals surface area contributed by atoms with Crippen LogP contribution in [0.5, 0.6) is 0 Å². The Bertz CT molecular complexity index is 596. The van der Waals surface area contributed by atoms with Crippen LogP contribution in [0.4, 0.5) is 5.13 Å². The molecule has 0 saturated heterocycles. The Morgan fingerprint density at radius 2 is 2.15 bits per heavy atom. The summed E-state index contributed by atoms with van der Waals surface area (Å²) in [5.74, 6) is -2.02. The Morgan fingerprint density at radius 1 is 1.50 bits per heavy atom. The number of amides is 1. The summed E-state index contributed by atoms with van der Waals surface area (Å²) in [5, 5.41) is 12.9. The second-order valence-electron chi connectivity index (χ2n) is 4.24. The van der Waals surface area contributed by atoms with Crippen LogP contribution in [0.15, 0.2) is 5.38 Å². The van der Waals surface area contributed by atoms with Gasteiger partial charge in [0.25, 0.3) is 0 Å². The highest BCUT2D eigenvalue weighted by Crippen LogP contribution is 2.16. The van der Waals surface area contributed by atoms with Crippen LogP contribution in [0, 0.1) is 5.92 Å². The first kappa shape index (κ1) is 16.4. The van der Waals surface area contributed by atoms with Crippen molar-refractivity contribution in [3.8, 4) is 0 Å². The molecule has 112 valence electrons. The number of aliphatic carboxylic acids is 1. The Hall–Kier alpha value is -1.68. The molecular formula is C10H15N3O5S2. The fourth-order valence-corrected chi connectivity index (χ4v) is 2.74. The summed E-state index contributed by atoms with van der Waals surface area (Å²) >= 11 is 1.07. The molecule has 10 heteroatoms. The van der Waals surface area contributed by atoms with Crippen molar-refractivity contribution in [3.63, 3.8) is 0 Å². The van der Waals surface area contributed by atoms with Crippen molar-refractivity contribution in [2.24, 2.45) is 5.92 Å². The molecule has 0 aromatic carbocycles. The van der Waals surface area contributed by atoms with Gasteiger partial charge in [0.1, 0.15) is 0 Å². The van der Waals surface area contributed by atoms with Crippen molar-refractivity contribution in [2.45, 2.75) is 13.3 Å². The minimum Gasteiger partial charge on any atom is -0.481 e. The summed E-state index contributed by atoms with van der Waals surface area (Å²) in [7, 11) is -3.39. The van der Waals surface area contributed by atoms with Crippen molar-refractivity contribution in [2.75, 3.05) is 17.5 Å². The molecule has 0 fully saturated rings. The third-order valence-electron chi connectivity index (χ3n) is 2.19. The zero-order chi connectivity index (χ0) is 15.3. The molecule has 20 heavy (non-hydrogen) atoms. The van der Waals surface area contributed by atoms with Gasteiger partial charge in [-0.05, 0) is 0 Å². The maximum Gasteiger partial charge on any atom is 0.308 e. The van der Waals surface area contributed by atoms with Gasteiger partial charge in [0.2, 0.25) is 15.9 Å². The van der Waals surface area contributed by atoms with E-state index in [0.29, 0.717) is 5.69 Å². The van der Waals surface area contributed by atoms with Gasteiger partial charge in [-0.25, -0.2) is 13.4 Å². The molecule has 0 radical (unpaired) electrons. The van der Waals surface area contributed by atoms with Crippen LogP contribution in [0.1, 0.15) is 12.6 Å². The number of hydrogen-bond acceptors (Lipinski definition) is 6. The summed E-state index contributed by atoms with van der Waals surface area (Å²) in [6.45, 7) is 1.52. The molecule has 1 atom stereocenters. The smallest absolute Gasteiger partial charge is 0.308 e. The number of carboxylic acids is 1. The number of nitrogens with one attached hydrogen (secondary N) is 2. The highest BCUT2D eigenvalue weighted by Gasteiger charge is 2.14. The monoisotopic (exact) mass is 321 g/mol. The molecule has 0 aliphatic carbocycles. The first-order valence-corrected chi connectivity index (χ1v) is 8.36. The number of carbonyl (C=O) groups excluding carboxylic acids is 1. The van der Waals surface area contributed by atoms with Gasteiger partial charge in [0.05, 0.1) is 24.3 Å². The summed E-state index contributed by atoms with van der Waals surface area (Å²) in [6, 6.07) is 0. The van der Waals surface area contributed by atoms with Gasteiger partial charge in [0, 0.05) is 11.9 Å². The maximum atomic E-state index is 11.6. The molecule has 1 aromatic heterocycles. The lowest BCUT2D eigenvalue weighted by molar-refractivity contribution is -0.141. The summed E-state index contributed by atoms with van der Waals surface area (Å²) < 4.78 is 24.2. The number of aromatic nitrogens is 1. The Labute approximate surface area is 120 Å². The lowest BCUT2D eigenvalue weighted by Gasteiger charge is -2.07. The van der Waals surface area contributed by atoms with Gasteiger partial charge >= 0.3 is 5.97 Å². The van der Waals surface area contributed by atoms with Crippen molar-refractivity contribution in [1.82, 2.24) is 10.3 Å². The van der Waals surface area contributed by atoms with E-state index in [9.17, 15) is 18.0 Å². The van der Waals surface area contributed by atoms with E-state index in [1.165, 1.54) is 6.92 Å². The van der Waals surface area contributed by atoms with Gasteiger partial charge < -0.3 is 10.4 Å². The standard InChI is InChI=1S/C10H15N3O5S2/c1-6(9(15)16)4-11-8(14)3-7-5-19-10(12-7)13-20(2,17)18/h5-6H,3-4H2,1-2H3,(H,11,14)(H,12,13)(H,15,16). The number of sulfonamides is 1. The number of hydrogen-bond donors (Lipinski definition) is 3. The fraction of sp³-hybridized carbons (Fsp3) is 0.500. The normalized spacial score (nSPS) is 12.7. The number of carboxylic acid groups (broad SMARTS) is 1. The number of thiazole rings is 1. The predicted octanol–water partition coefficient (Wildman–Crippen LogP) is -0.106. The second-order valence-corrected chi connectivity index (χ2v) is 6.84. The second kappa shape index (κ2) is 6.66. The Morgan fingerprint density at radius 3 is 2.70 bits per heavy atom. The molecule has 0 bridgehead atoms. The highest BCUT2D eigenvalue weighted by molar-refractivity contribution is 7.92. The van der Waals surface area contributed by atoms with Crippen LogP contribution in [-0.4, -0.2) is 43.2 Å². The zero-order valence-electron chi connectivity index (χ0n) is 10.9. The quantitative estimate of drug-likeness (QED) is 0.643. The topological polar surface area (TPSA) is 125 Å². The molecule has 1 amide bonds. The predicted molar refractivity (Wildman–Crippen MR) is 74.1 cm³/mol. The average Bonchev–Trinajstić information content (AvgIpc) is 2.70. The van der Waals surface area contributed by atoms with Crippen LogP contribution in [-0.2, 0) is 26.0 Å². The van der Waals surface area contributed by atoms with Gasteiger partial charge in [0.15, 0.2) is 5.13 Å². The maximum absolute atomic E-state index is 11.6. The first-order valence-electron chi connectivity index (χ1n) is 5.59. The molecule has 0 spiro atoms. The van der Waals surface area contributed by atoms with E-state index in [4.69, 9.17) is 5.11 Å². The van der Waals surface area contributed by atoms with Crippen LogP contribution >= 0.6 is 11.3 Å². The molecular weight excluding hydrogens is 306 g/mol. The molecule has 0 aliphatic heterocycles. The van der Waals surface area contributed by atoms with E-state index >= 15 is 0 Å². The molecule has 1 heterocycles. The molecule has 0 aliphatic rings. The number of nitrogens with zero attached hydrogens (tertiary/aromatic N) is 1. The molecule has 1 rings (SSSR count). The van der Waals surface area contributed by atoms with Crippen molar-refractivity contribution in [3.05, 3.63) is 11.1 Å². The fourth-order valence-electron chi connectivity index (χ4n) is 1.17. The lowest BCUT2D eigenvalue weighted by Crippen LogP contribution is -2.32. The number of rotatable bonds is 7. The van der Waals surface area contributed by atoms with Crippen LogP contribution < -0.4 is 10.0 Å². The molecule has 8 nitrogen and oxygen atoms in total. The van der Waals surface area contributed by atoms with Crippen molar-refractivity contribution >= 4 is 38.4 Å². The van der Waals surface area contributed by atoms with Crippen LogP contribution in [0.25, 0.3) is 0 Å². The molecule has 1 unspecified atom stereocenters. The van der Waals surface area contributed by atoms with Gasteiger partial charge in [-0.3, -0.25) is 14.3 Å².